The average Bonchev–Trinajstić information content (AvgIpc) is 2.52. The van der Waals surface area contributed by atoms with Crippen molar-refractivity contribution in [3.05, 3.63) is 22.4 Å². The highest BCUT2D eigenvalue weighted by atomic mass is 79.9. The van der Waals surface area contributed by atoms with Crippen LogP contribution >= 0.6 is 27.7 Å². The molecule has 0 unspecified atom stereocenters. The summed E-state index contributed by atoms with van der Waals surface area (Å²) in [6, 6.07) is 1.76. The summed E-state index contributed by atoms with van der Waals surface area (Å²) in [7, 11) is 0. The topological polar surface area (TPSA) is 44.9 Å². The lowest BCUT2D eigenvalue weighted by Gasteiger charge is -2.00. The number of hydrogen-bond donors (Lipinski definition) is 2. The van der Waals surface area contributed by atoms with Gasteiger partial charge in [-0.3, -0.25) is 4.79 Å². The average molecular weight is 263 g/mol. The number of halogens is 1. The van der Waals surface area contributed by atoms with Gasteiger partial charge in [0.05, 0.1) is 0 Å². The first-order valence-electron chi connectivity index (χ1n) is 3.85. The normalized spacial score (nSPS) is 10.0. The fourth-order valence-corrected chi connectivity index (χ4v) is 1.51. The molecule has 1 aromatic heterocycles. The molecule has 0 saturated carbocycles. The lowest BCUT2D eigenvalue weighted by Crippen LogP contribution is -2.25. The van der Waals surface area contributed by atoms with Gasteiger partial charge in [0, 0.05) is 23.0 Å². The van der Waals surface area contributed by atoms with E-state index in [1.54, 1.807) is 24.0 Å². The van der Waals surface area contributed by atoms with Crippen LogP contribution in [0.1, 0.15) is 10.5 Å². The summed E-state index contributed by atoms with van der Waals surface area (Å²) in [4.78, 5) is 14.2. The quantitative estimate of drug-likeness (QED) is 0.814. The molecule has 1 aromatic rings. The summed E-state index contributed by atoms with van der Waals surface area (Å²) >= 11 is 4.98. The maximum Gasteiger partial charge on any atom is 0.267 e. The van der Waals surface area contributed by atoms with E-state index < -0.39 is 0 Å². The number of carbonyl (C=O) groups is 1. The molecule has 0 aliphatic carbocycles. The zero-order valence-electron chi connectivity index (χ0n) is 7.26. The fraction of sp³-hybridized carbons (Fsp3) is 0.375. The van der Waals surface area contributed by atoms with Crippen molar-refractivity contribution in [3.8, 4) is 0 Å². The molecule has 0 spiro atoms. The second-order valence-corrected chi connectivity index (χ2v) is 4.38. The molecule has 0 fully saturated rings. The number of aromatic amines is 1. The lowest BCUT2D eigenvalue weighted by molar-refractivity contribution is 0.0952. The summed E-state index contributed by atoms with van der Waals surface area (Å²) in [6.07, 6.45) is 3.75. The highest BCUT2D eigenvalue weighted by molar-refractivity contribution is 9.10. The van der Waals surface area contributed by atoms with Crippen LogP contribution in [0.25, 0.3) is 0 Å². The van der Waals surface area contributed by atoms with Crippen LogP contribution in [0.3, 0.4) is 0 Å². The number of nitrogens with one attached hydrogen (secondary N) is 2. The number of aromatic nitrogens is 1. The van der Waals surface area contributed by atoms with Crippen LogP contribution in [0, 0.1) is 0 Å². The molecule has 1 heterocycles. The molecule has 72 valence electrons. The van der Waals surface area contributed by atoms with Crippen molar-refractivity contribution >= 4 is 33.6 Å². The van der Waals surface area contributed by atoms with Crippen molar-refractivity contribution in [2.24, 2.45) is 0 Å². The summed E-state index contributed by atoms with van der Waals surface area (Å²) in [5.41, 5.74) is 0.591. The van der Waals surface area contributed by atoms with E-state index in [2.05, 4.69) is 26.2 Å². The smallest absolute Gasteiger partial charge is 0.267 e. The predicted octanol–water partition coefficient (Wildman–Crippen LogP) is 1.87. The van der Waals surface area contributed by atoms with Gasteiger partial charge in [-0.15, -0.1) is 0 Å². The molecule has 0 saturated heterocycles. The minimum Gasteiger partial charge on any atom is -0.356 e. The monoisotopic (exact) mass is 262 g/mol. The van der Waals surface area contributed by atoms with E-state index in [0.29, 0.717) is 12.2 Å². The molecule has 0 aromatic carbocycles. The second-order valence-electron chi connectivity index (χ2n) is 2.48. The third kappa shape index (κ3) is 3.44. The van der Waals surface area contributed by atoms with Crippen LogP contribution in [0.5, 0.6) is 0 Å². The Bertz CT molecular complexity index is 287. The van der Waals surface area contributed by atoms with Gasteiger partial charge < -0.3 is 10.3 Å². The maximum atomic E-state index is 11.4. The molecule has 3 nitrogen and oxygen atoms in total. The Morgan fingerprint density at radius 2 is 2.54 bits per heavy atom. The minimum atomic E-state index is -0.0558. The van der Waals surface area contributed by atoms with Gasteiger partial charge in [0.15, 0.2) is 0 Å². The Labute approximate surface area is 89.8 Å². The highest BCUT2D eigenvalue weighted by Crippen LogP contribution is 2.10. The van der Waals surface area contributed by atoms with Gasteiger partial charge in [-0.05, 0) is 28.3 Å². The van der Waals surface area contributed by atoms with E-state index in [-0.39, 0.29) is 5.91 Å². The summed E-state index contributed by atoms with van der Waals surface area (Å²) in [6.45, 7) is 0.705. The Hall–Kier alpha value is -0.420. The maximum absolute atomic E-state index is 11.4. The largest absolute Gasteiger partial charge is 0.356 e. The lowest BCUT2D eigenvalue weighted by atomic mass is 10.4. The minimum absolute atomic E-state index is 0.0558. The number of carbonyl (C=O) groups excluding carboxylic acids is 1. The molecule has 0 aliphatic heterocycles. The van der Waals surface area contributed by atoms with Crippen molar-refractivity contribution in [1.82, 2.24) is 10.3 Å². The van der Waals surface area contributed by atoms with Crippen molar-refractivity contribution in [2.45, 2.75) is 0 Å². The van der Waals surface area contributed by atoms with Crippen LogP contribution in [0.4, 0.5) is 0 Å². The first kappa shape index (κ1) is 10.7. The van der Waals surface area contributed by atoms with E-state index >= 15 is 0 Å². The highest BCUT2D eigenvalue weighted by Gasteiger charge is 2.05. The van der Waals surface area contributed by atoms with Gasteiger partial charge in [-0.25, -0.2) is 0 Å². The van der Waals surface area contributed by atoms with E-state index in [4.69, 9.17) is 0 Å². The van der Waals surface area contributed by atoms with Crippen molar-refractivity contribution in [2.75, 3.05) is 18.6 Å². The van der Waals surface area contributed by atoms with Gasteiger partial charge in [-0.2, -0.15) is 11.8 Å². The Morgan fingerprint density at radius 3 is 3.08 bits per heavy atom. The molecule has 0 atom stereocenters. The number of thioether (sulfide) groups is 1. The van der Waals surface area contributed by atoms with Crippen molar-refractivity contribution < 1.29 is 4.79 Å². The van der Waals surface area contributed by atoms with Crippen molar-refractivity contribution in [3.63, 3.8) is 0 Å². The third-order valence-corrected chi connectivity index (χ3v) is 2.55. The third-order valence-electron chi connectivity index (χ3n) is 1.48. The molecule has 1 amide bonds. The number of rotatable bonds is 4. The molecule has 5 heteroatoms. The zero-order valence-corrected chi connectivity index (χ0v) is 9.67. The van der Waals surface area contributed by atoms with Crippen LogP contribution < -0.4 is 5.32 Å². The van der Waals surface area contributed by atoms with E-state index in [0.717, 1.165) is 10.2 Å². The standard InChI is InChI=1S/C8H11BrN2OS/c1-13-3-2-10-8(12)7-4-6(9)5-11-7/h4-5,11H,2-3H2,1H3,(H,10,12). The van der Waals surface area contributed by atoms with Gasteiger partial charge in [-0.1, -0.05) is 0 Å². The fourth-order valence-electron chi connectivity index (χ4n) is 0.861. The second kappa shape index (κ2) is 5.34. The Kier molecular flexibility index (Phi) is 4.38. The van der Waals surface area contributed by atoms with E-state index in [9.17, 15) is 4.79 Å². The van der Waals surface area contributed by atoms with Crippen LogP contribution in [0.2, 0.25) is 0 Å². The van der Waals surface area contributed by atoms with Gasteiger partial charge in [0.1, 0.15) is 5.69 Å². The summed E-state index contributed by atoms with van der Waals surface area (Å²) < 4.78 is 0.891. The molecule has 0 aliphatic rings. The number of amides is 1. The van der Waals surface area contributed by atoms with Gasteiger partial charge in [0.2, 0.25) is 0 Å². The molecular weight excluding hydrogens is 252 g/mol. The van der Waals surface area contributed by atoms with Crippen LogP contribution in [-0.4, -0.2) is 29.4 Å². The number of hydrogen-bond acceptors (Lipinski definition) is 2. The first-order valence-corrected chi connectivity index (χ1v) is 6.04. The zero-order chi connectivity index (χ0) is 9.68. The molecular formula is C8H11BrN2OS. The van der Waals surface area contributed by atoms with E-state index in [1.807, 2.05) is 6.26 Å². The predicted molar refractivity (Wildman–Crippen MR) is 59.2 cm³/mol. The van der Waals surface area contributed by atoms with Gasteiger partial charge >= 0.3 is 0 Å². The Morgan fingerprint density at radius 1 is 1.77 bits per heavy atom. The Balaban J connectivity index is 2.40. The van der Waals surface area contributed by atoms with E-state index in [1.165, 1.54) is 0 Å². The summed E-state index contributed by atoms with van der Waals surface area (Å²) in [5, 5.41) is 2.80. The molecule has 0 radical (unpaired) electrons. The van der Waals surface area contributed by atoms with Crippen molar-refractivity contribution in [1.29, 1.82) is 0 Å². The molecule has 0 bridgehead atoms. The SMILES string of the molecule is CSCCNC(=O)c1cc(Br)c[nH]1. The van der Waals surface area contributed by atoms with Gasteiger partial charge in [0.25, 0.3) is 5.91 Å². The summed E-state index contributed by atoms with van der Waals surface area (Å²) in [5.74, 6) is 0.882. The first-order chi connectivity index (χ1) is 6.24. The van der Waals surface area contributed by atoms with Crippen LogP contribution in [0.15, 0.2) is 16.7 Å². The molecule has 1 rings (SSSR count). The number of H-pyrrole nitrogens is 1. The molecule has 13 heavy (non-hydrogen) atoms. The molecule has 2 N–H and O–H groups in total. The van der Waals surface area contributed by atoms with Crippen LogP contribution in [-0.2, 0) is 0 Å².